The minimum atomic E-state index is -0.307. The summed E-state index contributed by atoms with van der Waals surface area (Å²) in [5.41, 5.74) is 5.85. The first kappa shape index (κ1) is 9.44. The molecule has 2 rings (SSSR count). The van der Waals surface area contributed by atoms with E-state index in [9.17, 15) is 0 Å². The highest BCUT2D eigenvalue weighted by Crippen LogP contribution is 2.39. The monoisotopic (exact) mass is 185 g/mol. The van der Waals surface area contributed by atoms with Gasteiger partial charge in [0.25, 0.3) is 0 Å². The molecule has 2 N–H and O–H groups in total. The molecule has 0 amide bonds. The molecule has 13 heavy (non-hydrogen) atoms. The molecule has 1 saturated heterocycles. The van der Waals surface area contributed by atoms with Crippen molar-refractivity contribution >= 4 is 0 Å². The third-order valence-electron chi connectivity index (χ3n) is 3.10. The first-order valence-electron chi connectivity index (χ1n) is 5.37. The molecule has 0 aromatic carbocycles. The van der Waals surface area contributed by atoms with E-state index in [4.69, 9.17) is 15.2 Å². The predicted octanol–water partition coefficient (Wildman–Crippen LogP) is 1.76. The van der Waals surface area contributed by atoms with E-state index in [1.54, 1.807) is 0 Å². The number of hydrogen-bond acceptors (Lipinski definition) is 3. The van der Waals surface area contributed by atoms with Crippen molar-refractivity contribution in [1.29, 1.82) is 0 Å². The predicted molar refractivity (Wildman–Crippen MR) is 50.0 cm³/mol. The SMILES string of the molecule is CC[C@@H]1OC2(CCCCC2)O[C@H]1N. The first-order valence-corrected chi connectivity index (χ1v) is 5.37. The van der Waals surface area contributed by atoms with Crippen LogP contribution in [0.15, 0.2) is 0 Å². The quantitative estimate of drug-likeness (QED) is 0.677. The standard InChI is InChI=1S/C10H19NO2/c1-2-8-9(11)13-10(12-8)6-4-3-5-7-10/h8-9H,2-7,11H2,1H3/t8-,9+/m0/s1. The maximum Gasteiger partial charge on any atom is 0.171 e. The molecular formula is C10H19NO2. The summed E-state index contributed by atoms with van der Waals surface area (Å²) < 4.78 is 11.7. The Hall–Kier alpha value is -0.120. The van der Waals surface area contributed by atoms with Crippen molar-refractivity contribution in [3.8, 4) is 0 Å². The Kier molecular flexibility index (Phi) is 2.58. The van der Waals surface area contributed by atoms with Gasteiger partial charge in [-0.15, -0.1) is 0 Å². The van der Waals surface area contributed by atoms with Crippen molar-refractivity contribution in [1.82, 2.24) is 0 Å². The van der Waals surface area contributed by atoms with Crippen molar-refractivity contribution in [3.05, 3.63) is 0 Å². The van der Waals surface area contributed by atoms with E-state index < -0.39 is 0 Å². The Morgan fingerprint density at radius 1 is 1.23 bits per heavy atom. The van der Waals surface area contributed by atoms with Gasteiger partial charge in [0, 0.05) is 12.8 Å². The molecule has 0 aromatic heterocycles. The lowest BCUT2D eigenvalue weighted by Crippen LogP contribution is -2.34. The van der Waals surface area contributed by atoms with E-state index in [0.29, 0.717) is 0 Å². The highest BCUT2D eigenvalue weighted by molar-refractivity contribution is 4.85. The molecule has 1 heterocycles. The van der Waals surface area contributed by atoms with Gasteiger partial charge in [-0.25, -0.2) is 0 Å². The van der Waals surface area contributed by atoms with E-state index in [-0.39, 0.29) is 18.1 Å². The van der Waals surface area contributed by atoms with Gasteiger partial charge in [0.05, 0.1) is 0 Å². The summed E-state index contributed by atoms with van der Waals surface area (Å²) in [7, 11) is 0. The van der Waals surface area contributed by atoms with Gasteiger partial charge in [0.1, 0.15) is 12.3 Å². The zero-order valence-corrected chi connectivity index (χ0v) is 8.29. The van der Waals surface area contributed by atoms with E-state index in [2.05, 4.69) is 6.92 Å². The fraction of sp³-hybridized carbons (Fsp3) is 1.00. The van der Waals surface area contributed by atoms with Gasteiger partial charge in [0.15, 0.2) is 5.79 Å². The summed E-state index contributed by atoms with van der Waals surface area (Å²) in [5, 5.41) is 0. The minimum absolute atomic E-state index is 0.109. The van der Waals surface area contributed by atoms with Crippen LogP contribution in [0.1, 0.15) is 45.4 Å². The fourth-order valence-electron chi connectivity index (χ4n) is 2.34. The molecule has 76 valence electrons. The van der Waals surface area contributed by atoms with Crippen LogP contribution in [0.4, 0.5) is 0 Å². The second-order valence-electron chi connectivity index (χ2n) is 4.12. The molecule has 2 fully saturated rings. The Bertz CT molecular complexity index is 178. The van der Waals surface area contributed by atoms with Crippen LogP contribution in [0.3, 0.4) is 0 Å². The topological polar surface area (TPSA) is 44.5 Å². The van der Waals surface area contributed by atoms with Crippen LogP contribution >= 0.6 is 0 Å². The van der Waals surface area contributed by atoms with Gasteiger partial charge in [-0.2, -0.15) is 0 Å². The molecule has 0 radical (unpaired) electrons. The van der Waals surface area contributed by atoms with Crippen LogP contribution in [-0.2, 0) is 9.47 Å². The lowest BCUT2D eigenvalue weighted by molar-refractivity contribution is -0.193. The van der Waals surface area contributed by atoms with Gasteiger partial charge in [-0.05, 0) is 19.3 Å². The molecule has 0 aromatic rings. The number of ether oxygens (including phenoxy) is 2. The van der Waals surface area contributed by atoms with E-state index in [1.807, 2.05) is 0 Å². The van der Waals surface area contributed by atoms with Gasteiger partial charge in [-0.3, -0.25) is 0 Å². The Balaban J connectivity index is 2.01. The number of hydrogen-bond donors (Lipinski definition) is 1. The third kappa shape index (κ3) is 1.73. The van der Waals surface area contributed by atoms with Crippen molar-refractivity contribution in [2.45, 2.75) is 63.6 Å². The Morgan fingerprint density at radius 2 is 1.92 bits per heavy atom. The molecule has 2 atom stereocenters. The maximum atomic E-state index is 5.90. The van der Waals surface area contributed by atoms with Crippen LogP contribution in [0.5, 0.6) is 0 Å². The highest BCUT2D eigenvalue weighted by Gasteiger charge is 2.45. The smallest absolute Gasteiger partial charge is 0.171 e. The van der Waals surface area contributed by atoms with Crippen LogP contribution in [0.2, 0.25) is 0 Å². The molecular weight excluding hydrogens is 166 g/mol. The second-order valence-corrected chi connectivity index (χ2v) is 4.12. The van der Waals surface area contributed by atoms with Gasteiger partial charge >= 0.3 is 0 Å². The highest BCUT2D eigenvalue weighted by atomic mass is 16.8. The average Bonchev–Trinajstić information content (AvgIpc) is 2.44. The molecule has 1 aliphatic carbocycles. The molecule has 0 unspecified atom stereocenters. The van der Waals surface area contributed by atoms with Crippen LogP contribution in [-0.4, -0.2) is 18.1 Å². The first-order chi connectivity index (χ1) is 6.26. The summed E-state index contributed by atoms with van der Waals surface area (Å²) >= 11 is 0. The summed E-state index contributed by atoms with van der Waals surface area (Å²) in [6, 6.07) is 0. The van der Waals surface area contributed by atoms with Crippen molar-refractivity contribution < 1.29 is 9.47 Å². The third-order valence-corrected chi connectivity index (χ3v) is 3.10. The number of rotatable bonds is 1. The van der Waals surface area contributed by atoms with E-state index >= 15 is 0 Å². The normalized spacial score (nSPS) is 38.3. The largest absolute Gasteiger partial charge is 0.343 e. The van der Waals surface area contributed by atoms with Crippen molar-refractivity contribution in [2.24, 2.45) is 5.73 Å². The van der Waals surface area contributed by atoms with Crippen LogP contribution in [0.25, 0.3) is 0 Å². The maximum absolute atomic E-state index is 5.90. The average molecular weight is 185 g/mol. The fourth-order valence-corrected chi connectivity index (χ4v) is 2.34. The Labute approximate surface area is 79.6 Å². The van der Waals surface area contributed by atoms with Crippen LogP contribution in [0, 0.1) is 0 Å². The minimum Gasteiger partial charge on any atom is -0.343 e. The van der Waals surface area contributed by atoms with Crippen molar-refractivity contribution in [2.75, 3.05) is 0 Å². The van der Waals surface area contributed by atoms with E-state index in [1.165, 1.54) is 19.3 Å². The molecule has 3 nitrogen and oxygen atoms in total. The lowest BCUT2D eigenvalue weighted by Gasteiger charge is -2.31. The summed E-state index contributed by atoms with van der Waals surface area (Å²) in [5.74, 6) is -0.307. The van der Waals surface area contributed by atoms with Gasteiger partial charge in [-0.1, -0.05) is 13.3 Å². The molecule has 0 bridgehead atoms. The van der Waals surface area contributed by atoms with Gasteiger partial charge in [0.2, 0.25) is 0 Å². The zero-order valence-electron chi connectivity index (χ0n) is 8.29. The Morgan fingerprint density at radius 3 is 2.46 bits per heavy atom. The molecule has 1 aliphatic heterocycles. The van der Waals surface area contributed by atoms with E-state index in [0.717, 1.165) is 19.3 Å². The zero-order chi connectivity index (χ0) is 9.31. The lowest BCUT2D eigenvalue weighted by atomic mass is 9.94. The molecule has 3 heteroatoms. The second kappa shape index (κ2) is 3.56. The summed E-state index contributed by atoms with van der Waals surface area (Å²) in [4.78, 5) is 0. The summed E-state index contributed by atoms with van der Waals surface area (Å²) in [6.45, 7) is 2.09. The molecule has 2 aliphatic rings. The molecule has 1 spiro atoms. The van der Waals surface area contributed by atoms with Gasteiger partial charge < -0.3 is 15.2 Å². The van der Waals surface area contributed by atoms with Crippen LogP contribution < -0.4 is 5.73 Å². The summed E-state index contributed by atoms with van der Waals surface area (Å²) in [6.07, 6.45) is 6.63. The van der Waals surface area contributed by atoms with Crippen molar-refractivity contribution in [3.63, 3.8) is 0 Å². The molecule has 1 saturated carbocycles. The number of nitrogens with two attached hydrogens (primary N) is 1.